The van der Waals surface area contributed by atoms with Crippen molar-refractivity contribution in [2.45, 2.75) is 9.17 Å². The first-order chi connectivity index (χ1) is 4.95. The summed E-state index contributed by atoms with van der Waals surface area (Å²) in [6, 6.07) is 0. The third-order valence-electron chi connectivity index (χ3n) is 1.22. The molecule has 0 bridgehead atoms. The molecule has 11 heavy (non-hydrogen) atoms. The second-order valence-corrected chi connectivity index (χ2v) is 4.99. The van der Waals surface area contributed by atoms with E-state index < -0.39 is 15.1 Å². The minimum Gasteiger partial charge on any atom is -0.396 e. The Morgan fingerprint density at radius 1 is 1.27 bits per heavy atom. The van der Waals surface area contributed by atoms with Gasteiger partial charge in [0.1, 0.15) is 9.17 Å². The third-order valence-corrected chi connectivity index (χ3v) is 3.35. The van der Waals surface area contributed by atoms with Gasteiger partial charge in [-0.05, 0) is 0 Å². The largest absolute Gasteiger partial charge is 0.396 e. The van der Waals surface area contributed by atoms with Crippen molar-refractivity contribution in [1.29, 1.82) is 0 Å². The lowest BCUT2D eigenvalue weighted by Crippen LogP contribution is -2.35. The van der Waals surface area contributed by atoms with Crippen LogP contribution in [-0.2, 0) is 0 Å². The van der Waals surface area contributed by atoms with Gasteiger partial charge < -0.3 is 5.11 Å². The standard InChI is InChI=1S/C5H7Cl5O/c6-2-5(9,10)3(1-11)4(7)8/h3-4,11H,1-2H2. The first-order valence-corrected chi connectivity index (χ1v) is 4.95. The maximum absolute atomic E-state index is 8.77. The molecule has 1 unspecified atom stereocenters. The Balaban J connectivity index is 4.23. The fourth-order valence-corrected chi connectivity index (χ4v) is 1.93. The number of aliphatic hydroxyl groups excluding tert-OH is 1. The molecular formula is C5H7Cl5O. The topological polar surface area (TPSA) is 20.2 Å². The number of aliphatic hydroxyl groups is 1. The molecule has 1 N–H and O–H groups in total. The summed E-state index contributed by atoms with van der Waals surface area (Å²) in [5.74, 6) is -0.663. The molecule has 1 nitrogen and oxygen atoms in total. The van der Waals surface area contributed by atoms with E-state index in [1.807, 2.05) is 0 Å². The van der Waals surface area contributed by atoms with Gasteiger partial charge in [0.15, 0.2) is 0 Å². The zero-order valence-electron chi connectivity index (χ0n) is 5.41. The monoisotopic (exact) mass is 258 g/mol. The predicted octanol–water partition coefficient (Wildman–Crippen LogP) is 2.81. The van der Waals surface area contributed by atoms with Crippen LogP contribution in [0, 0.1) is 5.92 Å². The van der Waals surface area contributed by atoms with Gasteiger partial charge in [-0.2, -0.15) is 0 Å². The fourth-order valence-electron chi connectivity index (χ4n) is 0.497. The van der Waals surface area contributed by atoms with E-state index in [1.54, 1.807) is 0 Å². The van der Waals surface area contributed by atoms with Gasteiger partial charge in [-0.25, -0.2) is 0 Å². The molecule has 0 rings (SSSR count). The number of halogens is 5. The van der Waals surface area contributed by atoms with E-state index in [1.165, 1.54) is 0 Å². The van der Waals surface area contributed by atoms with E-state index in [9.17, 15) is 0 Å². The van der Waals surface area contributed by atoms with Crippen LogP contribution in [0.2, 0.25) is 0 Å². The van der Waals surface area contributed by atoms with Crippen LogP contribution in [0.4, 0.5) is 0 Å². The molecule has 0 fully saturated rings. The minimum atomic E-state index is -1.27. The molecule has 0 radical (unpaired) electrons. The lowest BCUT2D eigenvalue weighted by molar-refractivity contribution is 0.225. The molecule has 68 valence electrons. The summed E-state index contributed by atoms with van der Waals surface area (Å²) in [5, 5.41) is 8.77. The van der Waals surface area contributed by atoms with Crippen LogP contribution in [0.15, 0.2) is 0 Å². The molecule has 0 heterocycles. The zero-order chi connectivity index (χ0) is 9.07. The van der Waals surface area contributed by atoms with Gasteiger partial charge in [0.25, 0.3) is 0 Å². The molecule has 0 amide bonds. The summed E-state index contributed by atoms with van der Waals surface area (Å²) < 4.78 is -1.27. The van der Waals surface area contributed by atoms with Gasteiger partial charge >= 0.3 is 0 Å². The van der Waals surface area contributed by atoms with Crippen LogP contribution < -0.4 is 0 Å². The Morgan fingerprint density at radius 2 is 1.73 bits per heavy atom. The Kier molecular flexibility index (Phi) is 5.87. The number of hydrogen-bond donors (Lipinski definition) is 1. The molecule has 0 aromatic carbocycles. The van der Waals surface area contributed by atoms with E-state index in [2.05, 4.69) is 0 Å². The summed E-state index contributed by atoms with van der Waals surface area (Å²) in [6.45, 7) is -0.294. The maximum Gasteiger partial charge on any atom is 0.139 e. The predicted molar refractivity (Wildman–Crippen MR) is 51.2 cm³/mol. The SMILES string of the molecule is OCC(C(Cl)Cl)C(Cl)(Cl)CCl. The van der Waals surface area contributed by atoms with Gasteiger partial charge in [0.2, 0.25) is 0 Å². The highest BCUT2D eigenvalue weighted by molar-refractivity contribution is 6.53. The van der Waals surface area contributed by atoms with Gasteiger partial charge in [0, 0.05) is 5.92 Å². The highest BCUT2D eigenvalue weighted by atomic mass is 35.5. The molecule has 0 aromatic rings. The fraction of sp³-hybridized carbons (Fsp3) is 1.00. The van der Waals surface area contributed by atoms with Gasteiger partial charge in [-0.3, -0.25) is 0 Å². The molecule has 0 saturated carbocycles. The molecule has 0 aliphatic heterocycles. The lowest BCUT2D eigenvalue weighted by atomic mass is 10.1. The molecular weight excluding hydrogens is 253 g/mol. The smallest absolute Gasteiger partial charge is 0.139 e. The van der Waals surface area contributed by atoms with Crippen LogP contribution >= 0.6 is 58.0 Å². The van der Waals surface area contributed by atoms with E-state index in [4.69, 9.17) is 63.1 Å². The Labute approximate surface area is 90.5 Å². The number of hydrogen-bond acceptors (Lipinski definition) is 1. The first kappa shape index (κ1) is 12.4. The molecule has 0 aromatic heterocycles. The van der Waals surface area contributed by atoms with Crippen molar-refractivity contribution >= 4 is 58.0 Å². The summed E-state index contributed by atoms with van der Waals surface area (Å²) in [5.41, 5.74) is 0. The van der Waals surface area contributed by atoms with Crippen molar-refractivity contribution in [2.75, 3.05) is 12.5 Å². The second-order valence-electron chi connectivity index (χ2n) is 2.02. The molecule has 0 saturated heterocycles. The van der Waals surface area contributed by atoms with Crippen LogP contribution in [0.3, 0.4) is 0 Å². The quantitative estimate of drug-likeness (QED) is 0.771. The van der Waals surface area contributed by atoms with Gasteiger partial charge in [-0.1, -0.05) is 23.2 Å². The average molecular weight is 260 g/mol. The zero-order valence-corrected chi connectivity index (χ0v) is 9.19. The maximum atomic E-state index is 8.77. The average Bonchev–Trinajstić information content (AvgIpc) is 1.88. The van der Waals surface area contributed by atoms with E-state index in [0.717, 1.165) is 0 Å². The Morgan fingerprint density at radius 3 is 1.82 bits per heavy atom. The van der Waals surface area contributed by atoms with Gasteiger partial charge in [-0.15, -0.1) is 34.8 Å². The molecule has 0 aliphatic carbocycles. The van der Waals surface area contributed by atoms with E-state index >= 15 is 0 Å². The van der Waals surface area contributed by atoms with Crippen molar-refractivity contribution in [3.8, 4) is 0 Å². The Bertz CT molecular complexity index is 115. The van der Waals surface area contributed by atoms with E-state index in [0.29, 0.717) is 0 Å². The molecule has 6 heteroatoms. The summed E-state index contributed by atoms with van der Waals surface area (Å²) in [6.07, 6.45) is 0. The van der Waals surface area contributed by atoms with Crippen molar-refractivity contribution in [1.82, 2.24) is 0 Å². The van der Waals surface area contributed by atoms with E-state index in [-0.39, 0.29) is 12.5 Å². The van der Waals surface area contributed by atoms with Crippen molar-refractivity contribution in [3.63, 3.8) is 0 Å². The van der Waals surface area contributed by atoms with Crippen LogP contribution in [0.5, 0.6) is 0 Å². The molecule has 0 aliphatic rings. The number of alkyl halides is 5. The van der Waals surface area contributed by atoms with Crippen LogP contribution in [0.1, 0.15) is 0 Å². The number of rotatable bonds is 4. The summed E-state index contributed by atoms with van der Waals surface area (Å²) >= 11 is 27.8. The van der Waals surface area contributed by atoms with Crippen molar-refractivity contribution in [2.24, 2.45) is 5.92 Å². The summed E-state index contributed by atoms with van der Waals surface area (Å²) in [7, 11) is 0. The highest BCUT2D eigenvalue weighted by Crippen LogP contribution is 2.36. The Hall–Kier alpha value is 1.41. The normalized spacial score (nSPS) is 15.5. The molecule has 1 atom stereocenters. The first-order valence-electron chi connectivity index (χ1n) is 2.78. The van der Waals surface area contributed by atoms with Crippen molar-refractivity contribution in [3.05, 3.63) is 0 Å². The molecule has 0 spiro atoms. The lowest BCUT2D eigenvalue weighted by Gasteiger charge is -2.26. The minimum absolute atomic E-state index is 0.0305. The van der Waals surface area contributed by atoms with Crippen LogP contribution in [0.25, 0.3) is 0 Å². The third kappa shape index (κ3) is 3.75. The van der Waals surface area contributed by atoms with Crippen molar-refractivity contribution < 1.29 is 5.11 Å². The second kappa shape index (κ2) is 5.21. The summed E-state index contributed by atoms with van der Waals surface area (Å²) in [4.78, 5) is -0.825. The van der Waals surface area contributed by atoms with Crippen LogP contribution in [-0.4, -0.2) is 26.8 Å². The highest BCUT2D eigenvalue weighted by Gasteiger charge is 2.37. The van der Waals surface area contributed by atoms with Gasteiger partial charge in [0.05, 0.1) is 12.5 Å².